The van der Waals surface area contributed by atoms with Gasteiger partial charge in [0.1, 0.15) is 0 Å². The van der Waals surface area contributed by atoms with E-state index in [1.807, 2.05) is 11.3 Å². The average molecular weight is 682 g/mol. The molecule has 0 fully saturated rings. The van der Waals surface area contributed by atoms with Crippen molar-refractivity contribution in [3.63, 3.8) is 0 Å². The Labute approximate surface area is 304 Å². The van der Waals surface area contributed by atoms with E-state index in [0.29, 0.717) is 0 Å². The summed E-state index contributed by atoms with van der Waals surface area (Å²) in [5.41, 5.74) is 10.5. The zero-order chi connectivity index (χ0) is 34.2. The van der Waals surface area contributed by atoms with Crippen LogP contribution < -0.4 is 4.90 Å². The van der Waals surface area contributed by atoms with Crippen LogP contribution in [0.15, 0.2) is 188 Å². The van der Waals surface area contributed by atoms with Gasteiger partial charge < -0.3 is 14.0 Å². The van der Waals surface area contributed by atoms with Gasteiger partial charge in [-0.05, 0) is 91.0 Å². The third-order valence-corrected chi connectivity index (χ3v) is 11.6. The van der Waals surface area contributed by atoms with Gasteiger partial charge in [0.05, 0.1) is 27.8 Å². The van der Waals surface area contributed by atoms with Crippen LogP contribution in [-0.4, -0.2) is 9.13 Å². The molecule has 0 N–H and O–H groups in total. The molecule has 0 atom stereocenters. The molecule has 244 valence electrons. The van der Waals surface area contributed by atoms with E-state index in [1.165, 1.54) is 63.8 Å². The standard InChI is InChI=1S/C48H31N3S/c1-2-13-32(14-3-1)51-43-21-10-6-18-39(43)48-44(22-12-23-45(48)51)49(35-29-30-47-40(31-35)38-17-7-11-24-46(38)52-47)33-25-27-34(28-26-33)50-41-19-8-4-15-36(41)37-16-5-9-20-42(37)50/h1-31H. The number of anilines is 3. The van der Waals surface area contributed by atoms with Gasteiger partial charge in [0.15, 0.2) is 0 Å². The van der Waals surface area contributed by atoms with E-state index >= 15 is 0 Å². The van der Waals surface area contributed by atoms with Crippen LogP contribution in [0.1, 0.15) is 0 Å². The Bertz CT molecular complexity index is 3080. The summed E-state index contributed by atoms with van der Waals surface area (Å²) in [4.78, 5) is 2.45. The second kappa shape index (κ2) is 11.5. The minimum atomic E-state index is 1.10. The molecule has 52 heavy (non-hydrogen) atoms. The highest BCUT2D eigenvalue weighted by Gasteiger charge is 2.22. The molecule has 0 bridgehead atoms. The highest BCUT2D eigenvalue weighted by atomic mass is 32.1. The van der Waals surface area contributed by atoms with Crippen molar-refractivity contribution in [2.45, 2.75) is 0 Å². The molecule has 0 spiro atoms. The van der Waals surface area contributed by atoms with Gasteiger partial charge in [0.25, 0.3) is 0 Å². The molecule has 8 aromatic carbocycles. The van der Waals surface area contributed by atoms with Crippen molar-refractivity contribution in [1.82, 2.24) is 9.13 Å². The third kappa shape index (κ3) is 4.31. The van der Waals surface area contributed by atoms with E-state index in [0.717, 1.165) is 28.4 Å². The van der Waals surface area contributed by atoms with Crippen molar-refractivity contribution in [1.29, 1.82) is 0 Å². The second-order valence-corrected chi connectivity index (χ2v) is 14.4. The second-order valence-electron chi connectivity index (χ2n) is 13.4. The van der Waals surface area contributed by atoms with Crippen molar-refractivity contribution < 1.29 is 0 Å². The van der Waals surface area contributed by atoms with E-state index in [1.54, 1.807) is 0 Å². The first-order chi connectivity index (χ1) is 25.8. The predicted octanol–water partition coefficient (Wildman–Crippen LogP) is 13.7. The molecule has 0 saturated carbocycles. The van der Waals surface area contributed by atoms with Crippen LogP contribution in [0.2, 0.25) is 0 Å². The molecule has 0 aliphatic rings. The molecule has 0 unspecified atom stereocenters. The van der Waals surface area contributed by atoms with Crippen LogP contribution in [0, 0.1) is 0 Å². The summed E-state index contributed by atoms with van der Waals surface area (Å²) in [7, 11) is 0. The number of nitrogens with zero attached hydrogens (tertiary/aromatic N) is 3. The first-order valence-corrected chi connectivity index (χ1v) is 18.5. The molecule has 3 nitrogen and oxygen atoms in total. The van der Waals surface area contributed by atoms with Gasteiger partial charge in [0, 0.05) is 64.5 Å². The number of para-hydroxylation sites is 4. The van der Waals surface area contributed by atoms with E-state index in [2.05, 4.69) is 202 Å². The molecule has 4 heteroatoms. The molecule has 3 aromatic heterocycles. The average Bonchev–Trinajstić information content (AvgIpc) is 3.87. The summed E-state index contributed by atoms with van der Waals surface area (Å²) < 4.78 is 7.39. The third-order valence-electron chi connectivity index (χ3n) is 10.5. The van der Waals surface area contributed by atoms with Crippen LogP contribution >= 0.6 is 11.3 Å². The Morgan fingerprint density at radius 3 is 1.60 bits per heavy atom. The van der Waals surface area contributed by atoms with Gasteiger partial charge >= 0.3 is 0 Å². The number of thiophene rings is 1. The largest absolute Gasteiger partial charge is 0.310 e. The molecule has 11 rings (SSSR count). The highest BCUT2D eigenvalue weighted by molar-refractivity contribution is 7.25. The molecular weight excluding hydrogens is 651 g/mol. The lowest BCUT2D eigenvalue weighted by Gasteiger charge is -2.27. The number of hydrogen-bond donors (Lipinski definition) is 0. The van der Waals surface area contributed by atoms with Gasteiger partial charge in [-0.15, -0.1) is 11.3 Å². The van der Waals surface area contributed by atoms with Gasteiger partial charge in [-0.1, -0.05) is 97.1 Å². The lowest BCUT2D eigenvalue weighted by atomic mass is 10.1. The summed E-state index contributed by atoms with van der Waals surface area (Å²) in [5, 5.41) is 7.56. The number of benzene rings is 8. The number of rotatable bonds is 5. The van der Waals surface area contributed by atoms with E-state index < -0.39 is 0 Å². The molecule has 0 radical (unpaired) electrons. The van der Waals surface area contributed by atoms with Crippen LogP contribution in [0.5, 0.6) is 0 Å². The number of hydrogen-bond acceptors (Lipinski definition) is 2. The number of fused-ring (bicyclic) bond motifs is 9. The Kier molecular flexibility index (Phi) is 6.42. The topological polar surface area (TPSA) is 13.1 Å². The minimum absolute atomic E-state index is 1.10. The van der Waals surface area contributed by atoms with E-state index in [9.17, 15) is 0 Å². The maximum atomic E-state index is 2.45. The maximum Gasteiger partial charge on any atom is 0.0562 e. The monoisotopic (exact) mass is 681 g/mol. The van der Waals surface area contributed by atoms with Gasteiger partial charge in [-0.2, -0.15) is 0 Å². The van der Waals surface area contributed by atoms with E-state index in [-0.39, 0.29) is 0 Å². The van der Waals surface area contributed by atoms with E-state index in [4.69, 9.17) is 0 Å². The van der Waals surface area contributed by atoms with Crippen molar-refractivity contribution in [2.75, 3.05) is 4.90 Å². The van der Waals surface area contributed by atoms with Crippen molar-refractivity contribution >= 4 is 92.2 Å². The lowest BCUT2D eigenvalue weighted by molar-refractivity contribution is 1.17. The molecule has 0 aliphatic carbocycles. The summed E-state index contributed by atoms with van der Waals surface area (Å²) in [6.07, 6.45) is 0. The Morgan fingerprint density at radius 1 is 0.346 bits per heavy atom. The highest BCUT2D eigenvalue weighted by Crippen LogP contribution is 2.46. The fourth-order valence-corrected chi connectivity index (χ4v) is 9.36. The zero-order valence-electron chi connectivity index (χ0n) is 28.1. The molecule has 0 amide bonds. The van der Waals surface area contributed by atoms with Crippen molar-refractivity contribution in [3.05, 3.63) is 188 Å². The quantitative estimate of drug-likeness (QED) is 0.176. The molecule has 11 aromatic rings. The zero-order valence-corrected chi connectivity index (χ0v) is 29.0. The first kappa shape index (κ1) is 29.1. The van der Waals surface area contributed by atoms with Gasteiger partial charge in [0.2, 0.25) is 0 Å². The minimum Gasteiger partial charge on any atom is -0.310 e. The SMILES string of the molecule is c1ccc(-n2c3ccccc3c3c(N(c4ccc(-n5c6ccccc6c6ccccc65)cc4)c4ccc5sc6ccccc6c5c4)cccc32)cc1. The van der Waals surface area contributed by atoms with Crippen molar-refractivity contribution in [3.8, 4) is 11.4 Å². The molecule has 0 aliphatic heterocycles. The van der Waals surface area contributed by atoms with Crippen LogP contribution in [0.4, 0.5) is 17.1 Å². The van der Waals surface area contributed by atoms with Gasteiger partial charge in [-0.25, -0.2) is 0 Å². The normalized spacial score (nSPS) is 11.8. The van der Waals surface area contributed by atoms with Crippen LogP contribution in [-0.2, 0) is 0 Å². The summed E-state index contributed by atoms with van der Waals surface area (Å²) in [6.45, 7) is 0. The molecule has 3 heterocycles. The van der Waals surface area contributed by atoms with Crippen molar-refractivity contribution in [2.24, 2.45) is 0 Å². The Morgan fingerprint density at radius 2 is 0.865 bits per heavy atom. The Hall–Kier alpha value is -6.62. The molecule has 0 saturated heterocycles. The van der Waals surface area contributed by atoms with Crippen LogP contribution in [0.25, 0.3) is 75.2 Å². The first-order valence-electron chi connectivity index (χ1n) is 17.7. The smallest absolute Gasteiger partial charge is 0.0562 e. The predicted molar refractivity (Wildman–Crippen MR) is 223 cm³/mol. The summed E-state index contributed by atoms with van der Waals surface area (Å²) in [6, 6.07) is 68.5. The molecular formula is C48H31N3S. The lowest BCUT2D eigenvalue weighted by Crippen LogP contribution is -2.10. The number of aromatic nitrogens is 2. The van der Waals surface area contributed by atoms with Gasteiger partial charge in [-0.3, -0.25) is 0 Å². The summed E-state index contributed by atoms with van der Waals surface area (Å²) >= 11 is 1.86. The summed E-state index contributed by atoms with van der Waals surface area (Å²) in [5.74, 6) is 0. The van der Waals surface area contributed by atoms with Crippen LogP contribution in [0.3, 0.4) is 0 Å². The fraction of sp³-hybridized carbons (Fsp3) is 0. The Balaban J connectivity index is 1.17. The maximum absolute atomic E-state index is 2.45. The fourth-order valence-electron chi connectivity index (χ4n) is 8.27.